The largest absolute Gasteiger partial charge is 0.344 e. The normalized spacial score (nSPS) is 17.3. The summed E-state index contributed by atoms with van der Waals surface area (Å²) in [6.45, 7) is 3.04. The van der Waals surface area contributed by atoms with Gasteiger partial charge in [-0.15, -0.1) is 0 Å². The lowest BCUT2D eigenvalue weighted by atomic mass is 10.2. The summed E-state index contributed by atoms with van der Waals surface area (Å²) in [6, 6.07) is 6.66. The molecule has 6 nitrogen and oxygen atoms in total. The van der Waals surface area contributed by atoms with Gasteiger partial charge in [-0.3, -0.25) is 14.3 Å². The lowest BCUT2D eigenvalue weighted by Crippen LogP contribution is -2.41. The van der Waals surface area contributed by atoms with E-state index >= 15 is 0 Å². The molecule has 0 bridgehead atoms. The summed E-state index contributed by atoms with van der Waals surface area (Å²) >= 11 is 5.87. The van der Waals surface area contributed by atoms with Gasteiger partial charge in [0, 0.05) is 36.4 Å². The average Bonchev–Trinajstić information content (AvgIpc) is 3.13. The predicted octanol–water partition coefficient (Wildman–Crippen LogP) is 2.16. The van der Waals surface area contributed by atoms with Crippen molar-refractivity contribution in [3.8, 4) is 0 Å². The molecule has 0 aliphatic carbocycles. The quantitative estimate of drug-likeness (QED) is 0.902. The van der Waals surface area contributed by atoms with Crippen LogP contribution in [0.1, 0.15) is 18.4 Å². The van der Waals surface area contributed by atoms with Gasteiger partial charge in [-0.05, 0) is 43.2 Å². The highest BCUT2D eigenvalue weighted by atomic mass is 35.5. The van der Waals surface area contributed by atoms with Crippen LogP contribution >= 0.6 is 11.6 Å². The molecule has 1 aliphatic heterocycles. The van der Waals surface area contributed by atoms with Gasteiger partial charge in [0.15, 0.2) is 0 Å². The number of nitrogens with zero attached hydrogens (tertiary/aromatic N) is 3. The smallest absolute Gasteiger partial charge is 0.249 e. The Morgan fingerprint density at radius 2 is 2.12 bits per heavy atom. The number of aryl methyl sites for hydroxylation is 2. The third-order valence-electron chi connectivity index (χ3n) is 4.01. The molecule has 24 heavy (non-hydrogen) atoms. The molecule has 1 atom stereocenters. The maximum Gasteiger partial charge on any atom is 0.249 e. The molecule has 0 unspecified atom stereocenters. The molecule has 126 valence electrons. The monoisotopic (exact) mass is 346 g/mol. The number of nitrogens with one attached hydrogen (secondary N) is 1. The molecule has 1 N–H and O–H groups in total. The van der Waals surface area contributed by atoms with Crippen LogP contribution in [0.15, 0.2) is 36.7 Å². The van der Waals surface area contributed by atoms with Crippen LogP contribution in [0.3, 0.4) is 0 Å². The molecule has 1 aromatic carbocycles. The van der Waals surface area contributed by atoms with Crippen LogP contribution in [0, 0.1) is 6.92 Å². The number of hydrogen-bond acceptors (Lipinski definition) is 3. The second-order valence-electron chi connectivity index (χ2n) is 5.91. The van der Waals surface area contributed by atoms with Crippen LogP contribution in [0.4, 0.5) is 5.69 Å². The molecule has 1 saturated heterocycles. The minimum absolute atomic E-state index is 0.0828. The molecule has 0 radical (unpaired) electrons. The van der Waals surface area contributed by atoms with Crippen LogP contribution in [-0.2, 0) is 16.1 Å². The van der Waals surface area contributed by atoms with E-state index < -0.39 is 6.04 Å². The van der Waals surface area contributed by atoms with E-state index in [1.807, 2.05) is 25.3 Å². The number of benzene rings is 1. The van der Waals surface area contributed by atoms with Crippen molar-refractivity contribution in [3.63, 3.8) is 0 Å². The minimum Gasteiger partial charge on any atom is -0.344 e. The summed E-state index contributed by atoms with van der Waals surface area (Å²) in [4.78, 5) is 26.2. The van der Waals surface area contributed by atoms with Crippen molar-refractivity contribution in [2.45, 2.75) is 32.4 Å². The highest BCUT2D eigenvalue weighted by Crippen LogP contribution is 2.23. The van der Waals surface area contributed by atoms with E-state index in [0.717, 1.165) is 11.3 Å². The fourth-order valence-electron chi connectivity index (χ4n) is 2.76. The van der Waals surface area contributed by atoms with Crippen LogP contribution in [0.5, 0.6) is 0 Å². The zero-order valence-electron chi connectivity index (χ0n) is 13.4. The Morgan fingerprint density at radius 1 is 1.38 bits per heavy atom. The summed E-state index contributed by atoms with van der Waals surface area (Å²) in [5.74, 6) is -0.222. The number of carbonyl (C=O) groups is 2. The molecule has 3 rings (SSSR count). The van der Waals surface area contributed by atoms with Crippen LogP contribution in [0.25, 0.3) is 0 Å². The molecule has 2 amide bonds. The van der Waals surface area contributed by atoms with Crippen molar-refractivity contribution in [2.24, 2.45) is 0 Å². The van der Waals surface area contributed by atoms with E-state index in [0.29, 0.717) is 31.0 Å². The van der Waals surface area contributed by atoms with Crippen molar-refractivity contribution in [3.05, 3.63) is 47.2 Å². The molecule has 7 heteroatoms. The molecule has 2 aromatic rings. The number of carbonyl (C=O) groups excluding carboxylic acids is 2. The fraction of sp³-hybridized carbons (Fsp3) is 0.353. The third-order valence-corrected chi connectivity index (χ3v) is 4.26. The van der Waals surface area contributed by atoms with Gasteiger partial charge in [0.25, 0.3) is 0 Å². The average molecular weight is 347 g/mol. The second kappa shape index (κ2) is 7.05. The highest BCUT2D eigenvalue weighted by molar-refractivity contribution is 6.30. The number of halogens is 1. The van der Waals surface area contributed by atoms with Crippen molar-refractivity contribution in [1.82, 2.24) is 15.1 Å². The maximum absolute atomic E-state index is 12.5. The summed E-state index contributed by atoms with van der Waals surface area (Å²) in [5.41, 5.74) is 1.85. The van der Waals surface area contributed by atoms with Gasteiger partial charge in [0.1, 0.15) is 6.04 Å². The lowest BCUT2D eigenvalue weighted by molar-refractivity contribution is -0.126. The number of aromatic nitrogens is 2. The number of anilines is 1. The van der Waals surface area contributed by atoms with Gasteiger partial charge < -0.3 is 10.2 Å². The first kappa shape index (κ1) is 16.5. The van der Waals surface area contributed by atoms with E-state index in [-0.39, 0.29) is 11.8 Å². The van der Waals surface area contributed by atoms with E-state index in [2.05, 4.69) is 10.4 Å². The highest BCUT2D eigenvalue weighted by Gasteiger charge is 2.33. The standard InChI is InChI=1S/C17H19ClN4O2/c1-12-10-19-21(11-12)8-7-16(23)20-15-6-9-22(17(15)24)14-4-2-13(18)3-5-14/h2-5,10-11,15H,6-9H2,1H3,(H,20,23)/t15-/m0/s1. The van der Waals surface area contributed by atoms with E-state index in [1.54, 1.807) is 27.9 Å². The zero-order valence-corrected chi connectivity index (χ0v) is 14.2. The molecule has 1 aromatic heterocycles. The Labute approximate surface area is 145 Å². The fourth-order valence-corrected chi connectivity index (χ4v) is 2.89. The Hall–Kier alpha value is -2.34. The van der Waals surface area contributed by atoms with Gasteiger partial charge in [0.2, 0.25) is 11.8 Å². The van der Waals surface area contributed by atoms with Crippen LogP contribution in [0.2, 0.25) is 5.02 Å². The predicted molar refractivity (Wildman–Crippen MR) is 91.9 cm³/mol. The Kier molecular flexibility index (Phi) is 4.85. The van der Waals surface area contributed by atoms with E-state index in [1.165, 1.54) is 0 Å². The summed E-state index contributed by atoms with van der Waals surface area (Å²) in [7, 11) is 0. The number of hydrogen-bond donors (Lipinski definition) is 1. The van der Waals surface area contributed by atoms with Crippen molar-refractivity contribution in [2.75, 3.05) is 11.4 Å². The van der Waals surface area contributed by atoms with Gasteiger partial charge in [-0.1, -0.05) is 11.6 Å². The van der Waals surface area contributed by atoms with Gasteiger partial charge >= 0.3 is 0 Å². The molecular formula is C17H19ClN4O2. The van der Waals surface area contributed by atoms with E-state index in [9.17, 15) is 9.59 Å². The van der Waals surface area contributed by atoms with Gasteiger partial charge in [-0.25, -0.2) is 0 Å². The second-order valence-corrected chi connectivity index (χ2v) is 6.34. The van der Waals surface area contributed by atoms with Gasteiger partial charge in [0.05, 0.1) is 6.20 Å². The summed E-state index contributed by atoms with van der Waals surface area (Å²) < 4.78 is 1.73. The third kappa shape index (κ3) is 3.76. The zero-order chi connectivity index (χ0) is 17.1. The maximum atomic E-state index is 12.5. The SMILES string of the molecule is Cc1cnn(CCC(=O)N[C@H]2CCN(c3ccc(Cl)cc3)C2=O)c1. The Balaban J connectivity index is 1.53. The lowest BCUT2D eigenvalue weighted by Gasteiger charge is -2.17. The first-order valence-electron chi connectivity index (χ1n) is 7.88. The molecule has 1 aliphatic rings. The van der Waals surface area contributed by atoms with Gasteiger partial charge in [-0.2, -0.15) is 5.10 Å². The Bertz CT molecular complexity index is 741. The summed E-state index contributed by atoms with van der Waals surface area (Å²) in [5, 5.41) is 7.59. The van der Waals surface area contributed by atoms with E-state index in [4.69, 9.17) is 11.6 Å². The van der Waals surface area contributed by atoms with Crippen molar-refractivity contribution < 1.29 is 9.59 Å². The molecule has 0 saturated carbocycles. The molecule has 0 spiro atoms. The molecular weight excluding hydrogens is 328 g/mol. The molecule has 1 fully saturated rings. The minimum atomic E-state index is -0.465. The van der Waals surface area contributed by atoms with Crippen molar-refractivity contribution >= 4 is 29.1 Å². The first-order valence-corrected chi connectivity index (χ1v) is 8.26. The van der Waals surface area contributed by atoms with Crippen molar-refractivity contribution in [1.29, 1.82) is 0 Å². The van der Waals surface area contributed by atoms with Crippen LogP contribution < -0.4 is 10.2 Å². The number of rotatable bonds is 5. The van der Waals surface area contributed by atoms with Crippen LogP contribution in [-0.4, -0.2) is 34.2 Å². The Morgan fingerprint density at radius 3 is 2.79 bits per heavy atom. The first-order chi connectivity index (χ1) is 11.5. The number of amides is 2. The topological polar surface area (TPSA) is 67.2 Å². The summed E-state index contributed by atoms with van der Waals surface area (Å²) in [6.07, 6.45) is 4.54. The molecule has 2 heterocycles.